The van der Waals surface area contributed by atoms with Crippen LogP contribution >= 0.6 is 11.8 Å². The van der Waals surface area contributed by atoms with Crippen LogP contribution < -0.4 is 10.6 Å². The van der Waals surface area contributed by atoms with Crippen LogP contribution in [0.5, 0.6) is 0 Å². The van der Waals surface area contributed by atoms with Crippen LogP contribution in [-0.4, -0.2) is 50.1 Å². The van der Waals surface area contributed by atoms with Crippen molar-refractivity contribution in [1.29, 1.82) is 0 Å². The van der Waals surface area contributed by atoms with E-state index in [4.69, 9.17) is 0 Å². The number of hydrogen-bond acceptors (Lipinski definition) is 6. The Bertz CT molecular complexity index is 959. The molecule has 0 aliphatic carbocycles. The summed E-state index contributed by atoms with van der Waals surface area (Å²) in [5.41, 5.74) is 2.94. The number of carbonyl (C=O) groups is 2. The number of aryl methyl sites for hydroxylation is 1. The van der Waals surface area contributed by atoms with Crippen molar-refractivity contribution in [2.45, 2.75) is 19.4 Å². The zero-order valence-corrected chi connectivity index (χ0v) is 17.0. The first kappa shape index (κ1) is 20.5. The quantitative estimate of drug-likeness (QED) is 0.591. The monoisotopic (exact) mass is 410 g/mol. The summed E-state index contributed by atoms with van der Waals surface area (Å²) in [5, 5.41) is 16.7. The van der Waals surface area contributed by atoms with Gasteiger partial charge in [0.2, 0.25) is 5.91 Å². The Balaban J connectivity index is 1.67. The molecular formula is C20H22N6O2S. The highest BCUT2D eigenvalue weighted by molar-refractivity contribution is 7.98. The molecular weight excluding hydrogens is 388 g/mol. The predicted molar refractivity (Wildman–Crippen MR) is 113 cm³/mol. The van der Waals surface area contributed by atoms with E-state index in [-0.39, 0.29) is 11.8 Å². The molecule has 2 aromatic carbocycles. The molecule has 2 amide bonds. The largest absolute Gasteiger partial charge is 0.340 e. The molecule has 8 nitrogen and oxygen atoms in total. The van der Waals surface area contributed by atoms with Gasteiger partial charge in [0.15, 0.2) is 0 Å². The topological polar surface area (TPSA) is 102 Å². The Morgan fingerprint density at radius 3 is 2.62 bits per heavy atom. The molecule has 1 unspecified atom stereocenters. The predicted octanol–water partition coefficient (Wildman–Crippen LogP) is 2.46. The van der Waals surface area contributed by atoms with Crippen molar-refractivity contribution in [2.24, 2.45) is 0 Å². The molecule has 150 valence electrons. The van der Waals surface area contributed by atoms with Crippen molar-refractivity contribution in [3.63, 3.8) is 0 Å². The van der Waals surface area contributed by atoms with Crippen molar-refractivity contribution in [1.82, 2.24) is 25.5 Å². The molecule has 9 heteroatoms. The number of aromatic nitrogens is 4. The lowest BCUT2D eigenvalue weighted by molar-refractivity contribution is -0.118. The van der Waals surface area contributed by atoms with Gasteiger partial charge in [0.05, 0.1) is 5.69 Å². The van der Waals surface area contributed by atoms with E-state index in [2.05, 4.69) is 26.2 Å². The molecule has 2 N–H and O–H groups in total. The maximum atomic E-state index is 12.8. The van der Waals surface area contributed by atoms with E-state index in [1.807, 2.05) is 25.3 Å². The van der Waals surface area contributed by atoms with Crippen molar-refractivity contribution < 1.29 is 9.59 Å². The number of rotatable bonds is 8. The summed E-state index contributed by atoms with van der Waals surface area (Å²) in [4.78, 5) is 25.4. The first-order valence-electron chi connectivity index (χ1n) is 9.07. The zero-order chi connectivity index (χ0) is 20.6. The molecule has 3 rings (SSSR count). The van der Waals surface area contributed by atoms with E-state index in [9.17, 15) is 9.59 Å². The van der Waals surface area contributed by atoms with Gasteiger partial charge < -0.3 is 10.6 Å². The third kappa shape index (κ3) is 5.64. The second-order valence-electron chi connectivity index (χ2n) is 6.47. The minimum atomic E-state index is -0.630. The molecule has 0 radical (unpaired) electrons. The zero-order valence-electron chi connectivity index (χ0n) is 16.2. The summed E-state index contributed by atoms with van der Waals surface area (Å²) in [7, 11) is 0. The Morgan fingerprint density at radius 1 is 1.17 bits per heavy atom. The van der Waals surface area contributed by atoms with Gasteiger partial charge in [0.25, 0.3) is 5.91 Å². The fourth-order valence-electron chi connectivity index (χ4n) is 2.74. The van der Waals surface area contributed by atoms with E-state index in [0.29, 0.717) is 17.7 Å². The number of benzene rings is 2. The van der Waals surface area contributed by atoms with Crippen molar-refractivity contribution in [3.8, 4) is 5.69 Å². The Labute approximate surface area is 173 Å². The highest BCUT2D eigenvalue weighted by atomic mass is 32.2. The number of tetrazole rings is 1. The van der Waals surface area contributed by atoms with Gasteiger partial charge in [-0.15, -0.1) is 5.10 Å². The fraction of sp³-hybridized carbons (Fsp3) is 0.250. The van der Waals surface area contributed by atoms with Gasteiger partial charge in [0, 0.05) is 11.3 Å². The molecule has 1 aromatic heterocycles. The van der Waals surface area contributed by atoms with Crippen molar-refractivity contribution in [3.05, 3.63) is 66.0 Å². The summed E-state index contributed by atoms with van der Waals surface area (Å²) >= 11 is 1.63. The van der Waals surface area contributed by atoms with Crippen LogP contribution in [-0.2, 0) is 4.79 Å². The molecule has 1 heterocycles. The highest BCUT2D eigenvalue weighted by Crippen LogP contribution is 2.14. The van der Waals surface area contributed by atoms with Gasteiger partial charge in [-0.25, -0.2) is 4.68 Å². The first-order valence-corrected chi connectivity index (χ1v) is 10.5. The van der Waals surface area contributed by atoms with Crippen molar-refractivity contribution >= 4 is 29.3 Å². The third-order valence-electron chi connectivity index (χ3n) is 4.26. The number of hydrogen-bond donors (Lipinski definition) is 2. The van der Waals surface area contributed by atoms with Gasteiger partial charge in [-0.05, 0) is 72.2 Å². The Kier molecular flexibility index (Phi) is 6.96. The summed E-state index contributed by atoms with van der Waals surface area (Å²) in [6.45, 7) is 1.92. The SMILES string of the molecule is CSCCC(NC(=O)c1cccc(C)c1)C(=O)Nc1ccc(-n2cnnn2)cc1. The molecule has 0 bridgehead atoms. The Morgan fingerprint density at radius 2 is 1.97 bits per heavy atom. The number of thioether (sulfide) groups is 1. The van der Waals surface area contributed by atoms with Crippen LogP contribution in [0.1, 0.15) is 22.3 Å². The summed E-state index contributed by atoms with van der Waals surface area (Å²) in [5.74, 6) is 0.240. The average molecular weight is 411 g/mol. The third-order valence-corrected chi connectivity index (χ3v) is 4.91. The second kappa shape index (κ2) is 9.83. The molecule has 0 aliphatic heterocycles. The van der Waals surface area contributed by atoms with Gasteiger partial charge in [0.1, 0.15) is 12.4 Å². The number of amides is 2. The van der Waals surface area contributed by atoms with E-state index in [0.717, 1.165) is 17.0 Å². The molecule has 0 aliphatic rings. The lowest BCUT2D eigenvalue weighted by atomic mass is 10.1. The van der Waals surface area contributed by atoms with Crippen LogP contribution in [0.15, 0.2) is 54.9 Å². The molecule has 0 saturated heterocycles. The molecule has 0 fully saturated rings. The number of anilines is 1. The fourth-order valence-corrected chi connectivity index (χ4v) is 3.21. The smallest absolute Gasteiger partial charge is 0.251 e. The van der Waals surface area contributed by atoms with E-state index < -0.39 is 6.04 Å². The molecule has 3 aromatic rings. The lowest BCUT2D eigenvalue weighted by Crippen LogP contribution is -2.44. The Hall–Kier alpha value is -3.20. The summed E-state index contributed by atoms with van der Waals surface area (Å²) in [6.07, 6.45) is 4.00. The normalized spacial score (nSPS) is 11.7. The maximum Gasteiger partial charge on any atom is 0.251 e. The standard InChI is InChI=1S/C20H22N6O2S/c1-14-4-3-5-15(12-14)19(27)23-18(10-11-29-2)20(28)22-16-6-8-17(9-7-16)26-13-21-24-25-26/h3-9,12-13,18H,10-11H2,1-2H3,(H,22,28)(H,23,27). The summed E-state index contributed by atoms with van der Waals surface area (Å²) < 4.78 is 1.52. The number of nitrogens with zero attached hydrogens (tertiary/aromatic N) is 4. The lowest BCUT2D eigenvalue weighted by Gasteiger charge is -2.18. The van der Waals surface area contributed by atoms with Gasteiger partial charge in [-0.3, -0.25) is 9.59 Å². The van der Waals surface area contributed by atoms with Crippen LogP contribution in [0.4, 0.5) is 5.69 Å². The van der Waals surface area contributed by atoms with Crippen LogP contribution in [0.3, 0.4) is 0 Å². The van der Waals surface area contributed by atoms with E-state index in [1.165, 1.54) is 11.0 Å². The van der Waals surface area contributed by atoms with Crippen LogP contribution in [0.25, 0.3) is 5.69 Å². The van der Waals surface area contributed by atoms with E-state index in [1.54, 1.807) is 48.2 Å². The average Bonchev–Trinajstić information content (AvgIpc) is 3.26. The van der Waals surface area contributed by atoms with Crippen LogP contribution in [0, 0.1) is 6.92 Å². The molecule has 29 heavy (non-hydrogen) atoms. The number of carbonyl (C=O) groups excluding carboxylic acids is 2. The van der Waals surface area contributed by atoms with Gasteiger partial charge >= 0.3 is 0 Å². The maximum absolute atomic E-state index is 12.8. The molecule has 1 atom stereocenters. The second-order valence-corrected chi connectivity index (χ2v) is 7.45. The minimum absolute atomic E-state index is 0.254. The molecule has 0 spiro atoms. The number of nitrogens with one attached hydrogen (secondary N) is 2. The minimum Gasteiger partial charge on any atom is -0.340 e. The van der Waals surface area contributed by atoms with Crippen LogP contribution in [0.2, 0.25) is 0 Å². The first-order chi connectivity index (χ1) is 14.1. The van der Waals surface area contributed by atoms with Gasteiger partial charge in [-0.2, -0.15) is 11.8 Å². The van der Waals surface area contributed by atoms with Crippen molar-refractivity contribution in [2.75, 3.05) is 17.3 Å². The van der Waals surface area contributed by atoms with Gasteiger partial charge in [-0.1, -0.05) is 17.7 Å². The highest BCUT2D eigenvalue weighted by Gasteiger charge is 2.21. The molecule has 0 saturated carbocycles. The van der Waals surface area contributed by atoms with E-state index >= 15 is 0 Å². The summed E-state index contributed by atoms with van der Waals surface area (Å²) in [6, 6.07) is 13.8.